The highest BCUT2D eigenvalue weighted by Gasteiger charge is 2.48. The number of hydrogen-bond donors (Lipinski definition) is 1. The van der Waals surface area contributed by atoms with Gasteiger partial charge in [-0.3, -0.25) is 4.79 Å². The predicted octanol–water partition coefficient (Wildman–Crippen LogP) is 4.90. The van der Waals surface area contributed by atoms with Crippen LogP contribution in [0.15, 0.2) is 91.0 Å². The van der Waals surface area contributed by atoms with Crippen LogP contribution in [0.5, 0.6) is 0 Å². The lowest BCUT2D eigenvalue weighted by atomic mass is 9.78. The molecule has 3 aromatic carbocycles. The average Bonchev–Trinajstić information content (AvgIpc) is 2.73. The largest absolute Gasteiger partial charge is 0.388 e. The van der Waals surface area contributed by atoms with Crippen LogP contribution in [0.2, 0.25) is 0 Å². The molecule has 3 atom stereocenters. The Hall–Kier alpha value is -2.91. The van der Waals surface area contributed by atoms with E-state index in [4.69, 9.17) is 0 Å². The number of hydrogen-bond acceptors (Lipinski definition) is 2. The van der Waals surface area contributed by atoms with Gasteiger partial charge < -0.3 is 10.0 Å². The maximum absolute atomic E-state index is 12.9. The van der Waals surface area contributed by atoms with Crippen LogP contribution in [0.3, 0.4) is 0 Å². The van der Waals surface area contributed by atoms with Crippen LogP contribution in [0.1, 0.15) is 36.1 Å². The molecule has 0 aromatic heterocycles. The van der Waals surface area contributed by atoms with Crippen molar-refractivity contribution >= 4 is 11.6 Å². The van der Waals surface area contributed by atoms with Gasteiger partial charge in [-0.05, 0) is 36.1 Å². The number of para-hydroxylation sites is 1. The Morgan fingerprint density at radius 3 is 2.00 bits per heavy atom. The normalized spacial score (nSPS) is 20.2. The molecule has 1 amide bonds. The topological polar surface area (TPSA) is 40.5 Å². The molecule has 0 aliphatic carbocycles. The first-order valence-electron chi connectivity index (χ1n) is 9.42. The molecule has 3 nitrogen and oxygen atoms in total. The van der Waals surface area contributed by atoms with Crippen LogP contribution in [0.25, 0.3) is 0 Å². The molecule has 0 saturated carbocycles. The van der Waals surface area contributed by atoms with Crippen molar-refractivity contribution in [2.75, 3.05) is 4.90 Å². The summed E-state index contributed by atoms with van der Waals surface area (Å²) in [7, 11) is 0. The first kappa shape index (κ1) is 17.5. The summed E-state index contributed by atoms with van der Waals surface area (Å²) in [6, 6.07) is 29.7. The lowest BCUT2D eigenvalue weighted by Gasteiger charge is -2.48. The molecule has 3 heteroatoms. The van der Waals surface area contributed by atoms with Crippen molar-refractivity contribution in [2.45, 2.75) is 25.0 Å². The first-order chi connectivity index (χ1) is 13.3. The van der Waals surface area contributed by atoms with Gasteiger partial charge in [0.25, 0.3) is 0 Å². The fraction of sp³-hybridized carbons (Fsp3) is 0.208. The molecular weight excluding hydrogens is 334 g/mol. The van der Waals surface area contributed by atoms with Crippen LogP contribution < -0.4 is 4.90 Å². The molecule has 1 saturated heterocycles. The van der Waals surface area contributed by atoms with E-state index in [0.717, 1.165) is 16.8 Å². The van der Waals surface area contributed by atoms with Crippen molar-refractivity contribution in [1.29, 1.82) is 0 Å². The Morgan fingerprint density at radius 1 is 0.815 bits per heavy atom. The summed E-state index contributed by atoms with van der Waals surface area (Å²) in [5, 5.41) is 10.5. The minimum atomic E-state index is -0.541. The van der Waals surface area contributed by atoms with Gasteiger partial charge in [-0.25, -0.2) is 0 Å². The highest BCUT2D eigenvalue weighted by atomic mass is 16.3. The molecular formula is C24H23NO2. The number of β-lactam (4-membered cyclic amide) rings is 1. The van der Waals surface area contributed by atoms with Gasteiger partial charge in [-0.2, -0.15) is 0 Å². The van der Waals surface area contributed by atoms with Crippen molar-refractivity contribution in [3.8, 4) is 0 Å². The summed E-state index contributed by atoms with van der Waals surface area (Å²) in [5.74, 6) is 0.0290. The number of rotatable bonds is 6. The average molecular weight is 357 g/mol. The van der Waals surface area contributed by atoms with Gasteiger partial charge in [-0.15, -0.1) is 0 Å². The van der Waals surface area contributed by atoms with Crippen molar-refractivity contribution in [2.24, 2.45) is 5.92 Å². The van der Waals surface area contributed by atoms with Crippen molar-refractivity contribution < 1.29 is 9.90 Å². The van der Waals surface area contributed by atoms with E-state index in [2.05, 4.69) is 12.1 Å². The molecule has 0 radical (unpaired) electrons. The predicted molar refractivity (Wildman–Crippen MR) is 107 cm³/mol. The Morgan fingerprint density at radius 2 is 1.37 bits per heavy atom. The third-order valence-electron chi connectivity index (χ3n) is 5.32. The molecule has 3 unspecified atom stereocenters. The van der Waals surface area contributed by atoms with E-state index in [0.29, 0.717) is 12.8 Å². The van der Waals surface area contributed by atoms with E-state index < -0.39 is 6.10 Å². The lowest BCUT2D eigenvalue weighted by Crippen LogP contribution is -2.55. The van der Waals surface area contributed by atoms with E-state index >= 15 is 0 Å². The van der Waals surface area contributed by atoms with Crippen molar-refractivity contribution in [1.82, 2.24) is 0 Å². The van der Waals surface area contributed by atoms with Gasteiger partial charge in [-0.1, -0.05) is 78.9 Å². The zero-order chi connectivity index (χ0) is 18.6. The first-order valence-corrected chi connectivity index (χ1v) is 9.42. The molecule has 1 aliphatic rings. The minimum absolute atomic E-state index is 0.0177. The van der Waals surface area contributed by atoms with Gasteiger partial charge >= 0.3 is 0 Å². The fourth-order valence-electron chi connectivity index (χ4n) is 3.92. The number of aliphatic hydroxyl groups is 1. The van der Waals surface area contributed by atoms with Crippen LogP contribution in [0, 0.1) is 5.92 Å². The third kappa shape index (κ3) is 3.51. The maximum atomic E-state index is 12.9. The van der Waals surface area contributed by atoms with E-state index in [9.17, 15) is 9.90 Å². The standard InChI is InChI=1S/C24H23NO2/c26-22(18-10-4-1-5-11-18)17-16-21-23(19-12-6-2-7-13-19)25(24(21)27)20-14-8-3-9-15-20/h1-15,21-23,26H,16-17H2. The zero-order valence-corrected chi connectivity index (χ0v) is 15.1. The van der Waals surface area contributed by atoms with Gasteiger partial charge in [0.15, 0.2) is 0 Å². The zero-order valence-electron chi connectivity index (χ0n) is 15.1. The second kappa shape index (κ2) is 7.77. The van der Waals surface area contributed by atoms with E-state index in [1.54, 1.807) is 0 Å². The number of amides is 1. The molecule has 3 aromatic rings. The Kier molecular flexibility index (Phi) is 5.03. The van der Waals surface area contributed by atoms with Crippen LogP contribution in [0.4, 0.5) is 5.69 Å². The highest BCUT2D eigenvalue weighted by molar-refractivity contribution is 6.03. The molecule has 4 rings (SSSR count). The second-order valence-electron chi connectivity index (χ2n) is 7.01. The summed E-state index contributed by atoms with van der Waals surface area (Å²) < 4.78 is 0. The van der Waals surface area contributed by atoms with E-state index in [1.807, 2.05) is 83.8 Å². The fourth-order valence-corrected chi connectivity index (χ4v) is 3.92. The van der Waals surface area contributed by atoms with Crippen molar-refractivity contribution in [3.05, 3.63) is 102 Å². The molecule has 1 heterocycles. The molecule has 27 heavy (non-hydrogen) atoms. The molecule has 1 aliphatic heterocycles. The smallest absolute Gasteiger partial charge is 0.233 e. The maximum Gasteiger partial charge on any atom is 0.233 e. The number of carbonyl (C=O) groups excluding carboxylic acids is 1. The van der Waals surface area contributed by atoms with Gasteiger partial charge in [0.2, 0.25) is 5.91 Å². The van der Waals surface area contributed by atoms with Crippen LogP contribution in [-0.2, 0) is 4.79 Å². The van der Waals surface area contributed by atoms with Gasteiger partial charge in [0.1, 0.15) is 0 Å². The molecule has 1 fully saturated rings. The van der Waals surface area contributed by atoms with E-state index in [-0.39, 0.29) is 17.9 Å². The number of anilines is 1. The minimum Gasteiger partial charge on any atom is -0.388 e. The number of carbonyl (C=O) groups is 1. The summed E-state index contributed by atoms with van der Waals surface area (Å²) in [6.45, 7) is 0. The monoisotopic (exact) mass is 357 g/mol. The Labute approximate surface area is 159 Å². The molecule has 1 N–H and O–H groups in total. The number of benzene rings is 3. The summed E-state index contributed by atoms with van der Waals surface area (Å²) in [4.78, 5) is 14.8. The molecule has 0 spiro atoms. The van der Waals surface area contributed by atoms with Crippen LogP contribution in [-0.4, -0.2) is 11.0 Å². The quantitative estimate of drug-likeness (QED) is 0.637. The molecule has 0 bridgehead atoms. The third-order valence-corrected chi connectivity index (χ3v) is 5.32. The number of aliphatic hydroxyl groups excluding tert-OH is 1. The van der Waals surface area contributed by atoms with Crippen molar-refractivity contribution in [3.63, 3.8) is 0 Å². The Balaban J connectivity index is 1.54. The second-order valence-corrected chi connectivity index (χ2v) is 7.01. The Bertz CT molecular complexity index is 880. The molecule has 136 valence electrons. The highest BCUT2D eigenvalue weighted by Crippen LogP contribution is 2.46. The summed E-state index contributed by atoms with van der Waals surface area (Å²) in [6.07, 6.45) is 0.700. The van der Waals surface area contributed by atoms with Gasteiger partial charge in [0, 0.05) is 5.69 Å². The summed E-state index contributed by atoms with van der Waals surface area (Å²) in [5.41, 5.74) is 2.97. The SMILES string of the molecule is O=C1C(CCC(O)c2ccccc2)C(c2ccccc2)N1c1ccccc1. The van der Waals surface area contributed by atoms with Crippen LogP contribution >= 0.6 is 0 Å². The summed E-state index contributed by atoms with van der Waals surface area (Å²) >= 11 is 0. The van der Waals surface area contributed by atoms with E-state index in [1.165, 1.54) is 0 Å². The number of nitrogens with zero attached hydrogens (tertiary/aromatic N) is 1. The lowest BCUT2D eigenvalue weighted by molar-refractivity contribution is -0.131. The van der Waals surface area contributed by atoms with Gasteiger partial charge in [0.05, 0.1) is 18.1 Å².